The molecule has 0 aliphatic rings. The second kappa shape index (κ2) is 4.95. The molecule has 0 aromatic carbocycles. The zero-order valence-corrected chi connectivity index (χ0v) is 9.30. The van der Waals surface area contributed by atoms with Crippen molar-refractivity contribution in [3.8, 4) is 11.8 Å². The van der Waals surface area contributed by atoms with Gasteiger partial charge in [0.15, 0.2) is 6.04 Å². The highest BCUT2D eigenvalue weighted by Crippen LogP contribution is 2.32. The first-order valence-electron chi connectivity index (χ1n) is 4.76. The third-order valence-electron chi connectivity index (χ3n) is 2.03. The van der Waals surface area contributed by atoms with Gasteiger partial charge in [-0.25, -0.2) is 0 Å². The zero-order chi connectivity index (χ0) is 13.1. The van der Waals surface area contributed by atoms with Crippen LogP contribution in [0.1, 0.15) is 18.5 Å². The van der Waals surface area contributed by atoms with Crippen LogP contribution in [-0.2, 0) is 11.8 Å². The van der Waals surface area contributed by atoms with Crippen molar-refractivity contribution in [2.24, 2.45) is 7.05 Å². The summed E-state index contributed by atoms with van der Waals surface area (Å²) in [4.78, 5) is 11.1. The number of carbonyl (C=O) groups excluding carboxylic acids is 1. The highest BCUT2D eigenvalue weighted by Gasteiger charge is 2.42. The van der Waals surface area contributed by atoms with E-state index in [9.17, 15) is 18.0 Å². The summed E-state index contributed by atoms with van der Waals surface area (Å²) in [5.41, 5.74) is -0.0220. The van der Waals surface area contributed by atoms with Crippen LogP contribution in [0.2, 0.25) is 0 Å². The van der Waals surface area contributed by atoms with E-state index in [-0.39, 0.29) is 5.56 Å². The molecule has 0 aliphatic heterocycles. The quantitative estimate of drug-likeness (QED) is 0.790. The van der Waals surface area contributed by atoms with Crippen LogP contribution < -0.4 is 5.32 Å². The molecule has 1 aromatic heterocycles. The number of rotatable bonds is 2. The molecule has 0 saturated heterocycles. The summed E-state index contributed by atoms with van der Waals surface area (Å²) in [6, 6.07) is -0.727. The van der Waals surface area contributed by atoms with Gasteiger partial charge in [-0.3, -0.25) is 4.79 Å². The van der Waals surface area contributed by atoms with Gasteiger partial charge in [-0.15, -0.1) is 0 Å². The maximum atomic E-state index is 12.7. The van der Waals surface area contributed by atoms with Crippen LogP contribution in [0.5, 0.6) is 0 Å². The molecule has 6 heteroatoms. The third-order valence-corrected chi connectivity index (χ3v) is 2.03. The van der Waals surface area contributed by atoms with Crippen LogP contribution in [0.4, 0.5) is 13.2 Å². The minimum Gasteiger partial charge on any atom is -0.357 e. The third kappa shape index (κ3) is 3.55. The Kier molecular flexibility index (Phi) is 3.84. The van der Waals surface area contributed by atoms with Gasteiger partial charge in [0.05, 0.1) is 0 Å². The Labute approximate surface area is 96.6 Å². The smallest absolute Gasteiger partial charge is 0.357 e. The molecule has 1 unspecified atom stereocenters. The van der Waals surface area contributed by atoms with Crippen molar-refractivity contribution in [1.82, 2.24) is 9.88 Å². The average Bonchev–Trinajstić information content (AvgIpc) is 2.59. The fraction of sp³-hybridized carbons (Fsp3) is 0.364. The number of aryl methyl sites for hydroxylation is 1. The lowest BCUT2D eigenvalue weighted by molar-refractivity contribution is -0.161. The van der Waals surface area contributed by atoms with Gasteiger partial charge in [0, 0.05) is 25.0 Å². The van der Waals surface area contributed by atoms with Crippen LogP contribution >= 0.6 is 0 Å². The molecule has 0 bridgehead atoms. The fourth-order valence-electron chi connectivity index (χ4n) is 1.33. The van der Waals surface area contributed by atoms with E-state index in [1.165, 1.54) is 30.0 Å². The predicted molar refractivity (Wildman–Crippen MR) is 55.8 cm³/mol. The summed E-state index contributed by atoms with van der Waals surface area (Å²) < 4.78 is 39.7. The van der Waals surface area contributed by atoms with Gasteiger partial charge in [-0.2, -0.15) is 13.2 Å². The number of aromatic nitrogens is 1. The monoisotopic (exact) mass is 244 g/mol. The normalized spacial score (nSPS) is 12.5. The first-order valence-corrected chi connectivity index (χ1v) is 4.76. The number of nitrogens with one attached hydrogen (secondary N) is 1. The Bertz CT molecular complexity index is 465. The average molecular weight is 244 g/mol. The molecule has 1 atom stereocenters. The largest absolute Gasteiger partial charge is 0.412 e. The van der Waals surface area contributed by atoms with Crippen LogP contribution in [0.3, 0.4) is 0 Å². The van der Waals surface area contributed by atoms with Gasteiger partial charge in [-0.1, -0.05) is 5.92 Å². The van der Waals surface area contributed by atoms with Crippen LogP contribution in [-0.4, -0.2) is 16.7 Å². The summed E-state index contributed by atoms with van der Waals surface area (Å²) in [6.45, 7) is 1.38. The maximum absolute atomic E-state index is 12.7. The van der Waals surface area contributed by atoms with E-state index in [0.29, 0.717) is 0 Å². The van der Waals surface area contributed by atoms with Gasteiger partial charge in [-0.05, 0) is 18.9 Å². The Morgan fingerprint density at radius 2 is 2.18 bits per heavy atom. The SMILES string of the molecule is CC#CC(=O)NC(c1ccn(C)c1)C(F)(F)F. The molecule has 0 radical (unpaired) electrons. The van der Waals surface area contributed by atoms with E-state index in [2.05, 4.69) is 5.92 Å². The first kappa shape index (κ1) is 13.2. The summed E-state index contributed by atoms with van der Waals surface area (Å²) in [5, 5.41) is 1.84. The topological polar surface area (TPSA) is 34.0 Å². The van der Waals surface area contributed by atoms with E-state index in [1.54, 1.807) is 7.05 Å². The number of hydrogen-bond acceptors (Lipinski definition) is 1. The lowest BCUT2D eigenvalue weighted by atomic mass is 10.1. The molecule has 0 spiro atoms. The molecule has 1 amide bonds. The minimum atomic E-state index is -4.55. The van der Waals surface area contributed by atoms with Crippen molar-refractivity contribution in [3.63, 3.8) is 0 Å². The number of amides is 1. The lowest BCUT2D eigenvalue weighted by Gasteiger charge is -2.19. The van der Waals surface area contributed by atoms with Gasteiger partial charge < -0.3 is 9.88 Å². The summed E-state index contributed by atoms with van der Waals surface area (Å²) >= 11 is 0. The number of halogens is 3. The molecule has 0 fully saturated rings. The van der Waals surface area contributed by atoms with Gasteiger partial charge >= 0.3 is 6.18 Å². The molecule has 0 saturated carbocycles. The van der Waals surface area contributed by atoms with E-state index in [1.807, 2.05) is 11.2 Å². The second-order valence-corrected chi connectivity index (χ2v) is 3.43. The molecule has 3 nitrogen and oxygen atoms in total. The molecular weight excluding hydrogens is 233 g/mol. The van der Waals surface area contributed by atoms with E-state index >= 15 is 0 Å². The number of alkyl halides is 3. The second-order valence-electron chi connectivity index (χ2n) is 3.43. The number of carbonyl (C=O) groups is 1. The molecular formula is C11H11F3N2O. The summed E-state index contributed by atoms with van der Waals surface area (Å²) in [6.07, 6.45) is -1.77. The maximum Gasteiger partial charge on any atom is 0.412 e. The molecule has 1 heterocycles. The van der Waals surface area contributed by atoms with E-state index in [4.69, 9.17) is 0 Å². The van der Waals surface area contributed by atoms with Crippen molar-refractivity contribution < 1.29 is 18.0 Å². The highest BCUT2D eigenvalue weighted by atomic mass is 19.4. The molecule has 1 N–H and O–H groups in total. The highest BCUT2D eigenvalue weighted by molar-refractivity contribution is 5.93. The number of nitrogens with zero attached hydrogens (tertiary/aromatic N) is 1. The van der Waals surface area contributed by atoms with E-state index < -0.39 is 18.1 Å². The lowest BCUT2D eigenvalue weighted by Crippen LogP contribution is -2.37. The molecule has 1 rings (SSSR count). The standard InChI is InChI=1S/C11H11F3N2O/c1-3-4-9(17)15-10(11(12,13)14)8-5-6-16(2)7-8/h5-7,10H,1-2H3,(H,15,17). The van der Waals surface area contributed by atoms with Gasteiger partial charge in [0.2, 0.25) is 0 Å². The Morgan fingerprint density at radius 3 is 2.59 bits per heavy atom. The van der Waals surface area contributed by atoms with Crippen molar-refractivity contribution in [1.29, 1.82) is 0 Å². The Morgan fingerprint density at radius 1 is 1.53 bits per heavy atom. The zero-order valence-electron chi connectivity index (χ0n) is 9.30. The summed E-state index contributed by atoms with van der Waals surface area (Å²) in [7, 11) is 1.60. The van der Waals surface area contributed by atoms with Crippen LogP contribution in [0.15, 0.2) is 18.5 Å². The van der Waals surface area contributed by atoms with Crippen molar-refractivity contribution in [2.75, 3.05) is 0 Å². The Hall–Kier alpha value is -1.90. The van der Waals surface area contributed by atoms with Gasteiger partial charge in [0.25, 0.3) is 5.91 Å². The summed E-state index contributed by atoms with van der Waals surface area (Å²) in [5.74, 6) is 3.32. The fourth-order valence-corrected chi connectivity index (χ4v) is 1.33. The number of hydrogen-bond donors (Lipinski definition) is 1. The molecule has 1 aromatic rings. The van der Waals surface area contributed by atoms with Crippen LogP contribution in [0, 0.1) is 11.8 Å². The van der Waals surface area contributed by atoms with Gasteiger partial charge in [0.1, 0.15) is 0 Å². The Balaban J connectivity index is 2.96. The minimum absolute atomic E-state index is 0.0220. The molecule has 17 heavy (non-hydrogen) atoms. The first-order chi connectivity index (χ1) is 7.84. The van der Waals surface area contributed by atoms with Crippen molar-refractivity contribution in [2.45, 2.75) is 19.1 Å². The van der Waals surface area contributed by atoms with Crippen molar-refractivity contribution in [3.05, 3.63) is 24.0 Å². The molecule has 0 aliphatic carbocycles. The van der Waals surface area contributed by atoms with E-state index in [0.717, 1.165) is 0 Å². The van der Waals surface area contributed by atoms with Crippen molar-refractivity contribution >= 4 is 5.91 Å². The predicted octanol–water partition coefficient (Wildman–Crippen LogP) is 1.77. The van der Waals surface area contributed by atoms with Crippen LogP contribution in [0.25, 0.3) is 0 Å². The molecule has 92 valence electrons.